The number of anilines is 1. The van der Waals surface area contributed by atoms with Gasteiger partial charge in [-0.15, -0.1) is 0 Å². The minimum atomic E-state index is -3.41. The van der Waals surface area contributed by atoms with E-state index in [1.54, 1.807) is 0 Å². The van der Waals surface area contributed by atoms with Crippen molar-refractivity contribution in [3.8, 4) is 0 Å². The topological polar surface area (TPSA) is 80.5 Å². The third-order valence-corrected chi connectivity index (χ3v) is 7.45. The highest BCUT2D eigenvalue weighted by Gasteiger charge is 2.39. The largest absolute Gasteiger partial charge is 0.355 e. The standard InChI is InChI=1S/C13H18N2O4S2/c1-21(18,19)12-8-11(15(16)17)13(20-12)14-7-3-6-10(14)9-4-2-5-9/h8-10H,2-7H2,1H3/t10-/m0/s1. The van der Waals surface area contributed by atoms with E-state index in [0.717, 1.165) is 37.0 Å². The molecule has 116 valence electrons. The molecule has 1 atom stereocenters. The molecule has 6 nitrogen and oxygen atoms in total. The van der Waals surface area contributed by atoms with E-state index >= 15 is 0 Å². The Hall–Kier alpha value is -1.15. The quantitative estimate of drug-likeness (QED) is 0.626. The molecule has 1 saturated carbocycles. The van der Waals surface area contributed by atoms with E-state index in [9.17, 15) is 18.5 Å². The Morgan fingerprint density at radius 3 is 2.57 bits per heavy atom. The van der Waals surface area contributed by atoms with Crippen molar-refractivity contribution in [3.05, 3.63) is 16.2 Å². The van der Waals surface area contributed by atoms with E-state index < -0.39 is 14.8 Å². The Bertz CT molecular complexity index is 664. The molecular formula is C13H18N2O4S2. The summed E-state index contributed by atoms with van der Waals surface area (Å²) in [6, 6.07) is 1.55. The third kappa shape index (κ3) is 2.66. The van der Waals surface area contributed by atoms with Gasteiger partial charge in [0.15, 0.2) is 14.8 Å². The van der Waals surface area contributed by atoms with Crippen LogP contribution < -0.4 is 4.90 Å². The zero-order valence-electron chi connectivity index (χ0n) is 11.8. The normalized spacial score (nSPS) is 23.3. The maximum absolute atomic E-state index is 11.7. The molecule has 0 N–H and O–H groups in total. The zero-order chi connectivity index (χ0) is 15.2. The molecule has 0 amide bonds. The molecule has 1 aromatic rings. The molecule has 0 spiro atoms. The highest BCUT2D eigenvalue weighted by atomic mass is 32.2. The molecule has 1 aliphatic carbocycles. The summed E-state index contributed by atoms with van der Waals surface area (Å²) in [7, 11) is -3.41. The molecule has 0 unspecified atom stereocenters. The van der Waals surface area contributed by atoms with Gasteiger partial charge in [0.05, 0.1) is 4.92 Å². The maximum Gasteiger partial charge on any atom is 0.305 e. The van der Waals surface area contributed by atoms with Crippen LogP contribution in [0.1, 0.15) is 32.1 Å². The molecule has 2 fully saturated rings. The lowest BCUT2D eigenvalue weighted by Crippen LogP contribution is -2.38. The van der Waals surface area contributed by atoms with Crippen LogP contribution in [0.15, 0.2) is 10.3 Å². The van der Waals surface area contributed by atoms with E-state index in [-0.39, 0.29) is 9.90 Å². The van der Waals surface area contributed by atoms with Crippen molar-refractivity contribution in [2.75, 3.05) is 17.7 Å². The first kappa shape index (κ1) is 14.8. The van der Waals surface area contributed by atoms with Gasteiger partial charge in [0.1, 0.15) is 4.21 Å². The highest BCUT2D eigenvalue weighted by molar-refractivity contribution is 7.92. The minimum Gasteiger partial charge on any atom is -0.355 e. The minimum absolute atomic E-state index is 0.0633. The van der Waals surface area contributed by atoms with Crippen molar-refractivity contribution >= 4 is 31.9 Å². The fraction of sp³-hybridized carbons (Fsp3) is 0.692. The van der Waals surface area contributed by atoms with Crippen LogP contribution in [-0.4, -0.2) is 32.2 Å². The second-order valence-corrected chi connectivity index (χ2v) is 9.15. The number of hydrogen-bond donors (Lipinski definition) is 0. The van der Waals surface area contributed by atoms with Crippen molar-refractivity contribution in [1.82, 2.24) is 0 Å². The van der Waals surface area contributed by atoms with E-state index in [2.05, 4.69) is 4.90 Å². The zero-order valence-corrected chi connectivity index (χ0v) is 13.5. The molecule has 8 heteroatoms. The van der Waals surface area contributed by atoms with Gasteiger partial charge in [0.25, 0.3) is 0 Å². The molecule has 1 aromatic heterocycles. The summed E-state index contributed by atoms with van der Waals surface area (Å²) in [4.78, 5) is 12.9. The van der Waals surface area contributed by atoms with Gasteiger partial charge in [-0.2, -0.15) is 0 Å². The fourth-order valence-electron chi connectivity index (χ4n) is 3.23. The SMILES string of the molecule is CS(=O)(=O)c1cc([N+](=O)[O-])c(N2CCC[C@H]2C2CCC2)s1. The van der Waals surface area contributed by atoms with Crippen molar-refractivity contribution < 1.29 is 13.3 Å². The third-order valence-electron chi connectivity index (χ3n) is 4.49. The molecule has 3 rings (SSSR count). The molecule has 0 bridgehead atoms. The van der Waals surface area contributed by atoms with E-state index in [1.807, 2.05) is 0 Å². The number of nitro groups is 1. The fourth-order valence-corrected chi connectivity index (χ4v) is 5.34. The smallest absolute Gasteiger partial charge is 0.305 e. The van der Waals surface area contributed by atoms with Crippen LogP contribution in [0.5, 0.6) is 0 Å². The summed E-state index contributed by atoms with van der Waals surface area (Å²) in [6.07, 6.45) is 6.76. The van der Waals surface area contributed by atoms with E-state index in [0.29, 0.717) is 17.0 Å². The van der Waals surface area contributed by atoms with Crippen molar-refractivity contribution in [2.24, 2.45) is 5.92 Å². The second-order valence-electron chi connectivity index (χ2n) is 5.88. The Labute approximate surface area is 127 Å². The van der Waals surface area contributed by atoms with Crippen LogP contribution in [0.3, 0.4) is 0 Å². The van der Waals surface area contributed by atoms with Crippen LogP contribution >= 0.6 is 11.3 Å². The highest BCUT2D eigenvalue weighted by Crippen LogP contribution is 2.46. The average molecular weight is 330 g/mol. The van der Waals surface area contributed by atoms with Gasteiger partial charge in [0, 0.05) is 24.9 Å². The molecular weight excluding hydrogens is 312 g/mol. The summed E-state index contributed by atoms with van der Waals surface area (Å²) >= 11 is 1.04. The lowest BCUT2D eigenvalue weighted by Gasteiger charge is -2.37. The van der Waals surface area contributed by atoms with Crippen LogP contribution in [0.2, 0.25) is 0 Å². The first-order chi connectivity index (χ1) is 9.88. The Morgan fingerprint density at radius 1 is 1.33 bits per heavy atom. The van der Waals surface area contributed by atoms with Gasteiger partial charge < -0.3 is 4.90 Å². The number of sulfone groups is 1. The molecule has 0 radical (unpaired) electrons. The lowest BCUT2D eigenvalue weighted by atomic mass is 9.79. The van der Waals surface area contributed by atoms with Gasteiger partial charge in [-0.1, -0.05) is 17.8 Å². The average Bonchev–Trinajstić information content (AvgIpc) is 2.90. The van der Waals surface area contributed by atoms with Crippen molar-refractivity contribution in [1.29, 1.82) is 0 Å². The summed E-state index contributed by atoms with van der Waals surface area (Å²) in [5.74, 6) is 0.607. The predicted molar refractivity (Wildman–Crippen MR) is 81.8 cm³/mol. The number of hydrogen-bond acceptors (Lipinski definition) is 6. The monoisotopic (exact) mass is 330 g/mol. The molecule has 1 aliphatic heterocycles. The summed E-state index contributed by atoms with van der Waals surface area (Å²) < 4.78 is 23.5. The van der Waals surface area contributed by atoms with Crippen LogP contribution in [0.25, 0.3) is 0 Å². The Balaban J connectivity index is 2.00. The van der Waals surface area contributed by atoms with Crippen molar-refractivity contribution in [3.63, 3.8) is 0 Å². The van der Waals surface area contributed by atoms with Crippen LogP contribution in [0, 0.1) is 16.0 Å². The molecule has 0 aromatic carbocycles. The summed E-state index contributed by atoms with van der Waals surface area (Å²) in [5.41, 5.74) is -0.0633. The Kier molecular flexibility index (Phi) is 3.69. The van der Waals surface area contributed by atoms with E-state index in [1.165, 1.54) is 25.3 Å². The van der Waals surface area contributed by atoms with Gasteiger partial charge in [-0.25, -0.2) is 8.42 Å². The lowest BCUT2D eigenvalue weighted by molar-refractivity contribution is -0.383. The molecule has 1 saturated heterocycles. The number of thiophene rings is 1. The van der Waals surface area contributed by atoms with Gasteiger partial charge in [-0.05, 0) is 31.6 Å². The molecule has 2 heterocycles. The summed E-state index contributed by atoms with van der Waals surface area (Å²) in [6.45, 7) is 0.783. The number of nitrogens with zero attached hydrogens (tertiary/aromatic N) is 2. The second kappa shape index (κ2) is 5.24. The Morgan fingerprint density at radius 2 is 2.05 bits per heavy atom. The van der Waals surface area contributed by atoms with Gasteiger partial charge >= 0.3 is 5.69 Å². The molecule has 2 aliphatic rings. The van der Waals surface area contributed by atoms with Gasteiger partial charge in [-0.3, -0.25) is 10.1 Å². The summed E-state index contributed by atoms with van der Waals surface area (Å²) in [5, 5.41) is 11.8. The van der Waals surface area contributed by atoms with E-state index in [4.69, 9.17) is 0 Å². The van der Waals surface area contributed by atoms with Crippen LogP contribution in [0.4, 0.5) is 10.7 Å². The predicted octanol–water partition coefficient (Wildman–Crippen LogP) is 2.83. The maximum atomic E-state index is 11.7. The van der Waals surface area contributed by atoms with Crippen molar-refractivity contribution in [2.45, 2.75) is 42.4 Å². The molecule has 21 heavy (non-hydrogen) atoms. The van der Waals surface area contributed by atoms with Crippen LogP contribution in [-0.2, 0) is 9.84 Å². The first-order valence-corrected chi connectivity index (χ1v) is 9.83. The van der Waals surface area contributed by atoms with Gasteiger partial charge in [0.2, 0.25) is 0 Å². The number of rotatable bonds is 4. The first-order valence-electron chi connectivity index (χ1n) is 7.13.